The van der Waals surface area contributed by atoms with E-state index in [2.05, 4.69) is 10.6 Å². The van der Waals surface area contributed by atoms with E-state index in [1.807, 2.05) is 25.1 Å². The number of rotatable bonds is 5. The lowest BCUT2D eigenvalue weighted by Crippen LogP contribution is -2.33. The van der Waals surface area contributed by atoms with Crippen molar-refractivity contribution in [3.8, 4) is 5.75 Å². The summed E-state index contributed by atoms with van der Waals surface area (Å²) in [5, 5.41) is 7.62. The van der Waals surface area contributed by atoms with Crippen LogP contribution in [0.1, 0.15) is 19.8 Å². The Hall–Kier alpha value is -0.930. The van der Waals surface area contributed by atoms with Crippen LogP contribution in [-0.2, 0) is 0 Å². The maximum Gasteiger partial charge on any atom is 0.142 e. The summed E-state index contributed by atoms with van der Waals surface area (Å²) in [5.74, 6) is 1.57. The minimum absolute atomic E-state index is 0.668. The lowest BCUT2D eigenvalue weighted by Gasteiger charge is -2.24. The standard InChI is InChI=1S/C14H21ClN2O/c1-2-18-14-6-5-12(15)8-13(14)17-10-11-4-3-7-16-9-11/h5-6,8,11,16-17H,2-4,7,9-10H2,1H3. The first kappa shape index (κ1) is 13.5. The largest absolute Gasteiger partial charge is 0.492 e. The first-order valence-corrected chi connectivity index (χ1v) is 7.04. The normalized spacial score (nSPS) is 19.6. The van der Waals surface area contributed by atoms with E-state index in [1.54, 1.807) is 0 Å². The molecule has 1 heterocycles. The van der Waals surface area contributed by atoms with Gasteiger partial charge in [-0.2, -0.15) is 0 Å². The summed E-state index contributed by atoms with van der Waals surface area (Å²) in [4.78, 5) is 0. The van der Waals surface area contributed by atoms with Crippen LogP contribution < -0.4 is 15.4 Å². The topological polar surface area (TPSA) is 33.3 Å². The van der Waals surface area contributed by atoms with Crippen LogP contribution in [0.25, 0.3) is 0 Å². The highest BCUT2D eigenvalue weighted by Crippen LogP contribution is 2.28. The van der Waals surface area contributed by atoms with Gasteiger partial charge in [0.25, 0.3) is 0 Å². The highest BCUT2D eigenvalue weighted by atomic mass is 35.5. The summed E-state index contributed by atoms with van der Waals surface area (Å²) >= 11 is 6.03. The Morgan fingerprint density at radius 2 is 2.39 bits per heavy atom. The van der Waals surface area contributed by atoms with E-state index in [0.29, 0.717) is 12.5 Å². The third-order valence-corrected chi connectivity index (χ3v) is 3.46. The molecular formula is C14H21ClN2O. The van der Waals surface area contributed by atoms with Crippen LogP contribution >= 0.6 is 11.6 Å². The van der Waals surface area contributed by atoms with Crippen molar-refractivity contribution in [3.05, 3.63) is 23.2 Å². The molecule has 0 saturated carbocycles. The maximum absolute atomic E-state index is 6.03. The van der Waals surface area contributed by atoms with Crippen molar-refractivity contribution in [2.45, 2.75) is 19.8 Å². The van der Waals surface area contributed by atoms with Crippen molar-refractivity contribution in [2.24, 2.45) is 5.92 Å². The Bertz CT molecular complexity index is 378. The predicted octanol–water partition coefficient (Wildman–Crippen LogP) is 3.15. The first-order valence-electron chi connectivity index (χ1n) is 6.66. The fourth-order valence-electron chi connectivity index (χ4n) is 2.27. The molecule has 3 nitrogen and oxygen atoms in total. The molecule has 4 heteroatoms. The van der Waals surface area contributed by atoms with Gasteiger partial charge in [0.2, 0.25) is 0 Å². The molecule has 1 aromatic carbocycles. The summed E-state index contributed by atoms with van der Waals surface area (Å²) in [6, 6.07) is 5.72. The highest BCUT2D eigenvalue weighted by Gasteiger charge is 2.13. The summed E-state index contributed by atoms with van der Waals surface area (Å²) in [6.07, 6.45) is 2.55. The van der Waals surface area contributed by atoms with Crippen molar-refractivity contribution in [1.82, 2.24) is 5.32 Å². The van der Waals surface area contributed by atoms with E-state index in [4.69, 9.17) is 16.3 Å². The second-order valence-corrected chi connectivity index (χ2v) is 5.10. The first-order chi connectivity index (χ1) is 8.79. The smallest absolute Gasteiger partial charge is 0.142 e. The SMILES string of the molecule is CCOc1ccc(Cl)cc1NCC1CCCNC1. The molecule has 1 aromatic rings. The minimum Gasteiger partial charge on any atom is -0.492 e. The number of halogens is 1. The highest BCUT2D eigenvalue weighted by molar-refractivity contribution is 6.30. The van der Waals surface area contributed by atoms with Gasteiger partial charge in [-0.3, -0.25) is 0 Å². The zero-order valence-electron chi connectivity index (χ0n) is 10.8. The van der Waals surface area contributed by atoms with Gasteiger partial charge in [-0.05, 0) is 57.0 Å². The van der Waals surface area contributed by atoms with Gasteiger partial charge in [0.05, 0.1) is 12.3 Å². The molecule has 0 bridgehead atoms. The summed E-state index contributed by atoms with van der Waals surface area (Å²) < 4.78 is 5.60. The van der Waals surface area contributed by atoms with Crippen LogP contribution in [0.4, 0.5) is 5.69 Å². The number of anilines is 1. The summed E-state index contributed by atoms with van der Waals surface area (Å²) in [5.41, 5.74) is 0.995. The molecule has 2 rings (SSSR count). The zero-order chi connectivity index (χ0) is 12.8. The van der Waals surface area contributed by atoms with Crippen LogP contribution in [0.15, 0.2) is 18.2 Å². The number of benzene rings is 1. The Balaban J connectivity index is 1.95. The summed E-state index contributed by atoms with van der Waals surface area (Å²) in [7, 11) is 0. The van der Waals surface area contributed by atoms with Crippen molar-refractivity contribution < 1.29 is 4.74 Å². The molecule has 1 aliphatic rings. The fourth-order valence-corrected chi connectivity index (χ4v) is 2.45. The van der Waals surface area contributed by atoms with E-state index >= 15 is 0 Å². The van der Waals surface area contributed by atoms with Crippen LogP contribution in [0.2, 0.25) is 5.02 Å². The number of piperidine rings is 1. The van der Waals surface area contributed by atoms with Crippen LogP contribution in [0.5, 0.6) is 5.75 Å². The molecule has 0 amide bonds. The van der Waals surface area contributed by atoms with E-state index in [-0.39, 0.29) is 0 Å². The van der Waals surface area contributed by atoms with Gasteiger partial charge in [-0.25, -0.2) is 0 Å². The predicted molar refractivity (Wildman–Crippen MR) is 76.7 cm³/mol. The quantitative estimate of drug-likeness (QED) is 0.861. The number of hydrogen-bond acceptors (Lipinski definition) is 3. The average molecular weight is 269 g/mol. The molecule has 1 unspecified atom stereocenters. The van der Waals surface area contributed by atoms with Crippen molar-refractivity contribution >= 4 is 17.3 Å². The molecule has 2 N–H and O–H groups in total. The molecule has 1 aliphatic heterocycles. The van der Waals surface area contributed by atoms with Crippen molar-refractivity contribution in [3.63, 3.8) is 0 Å². The molecule has 0 radical (unpaired) electrons. The molecule has 1 saturated heterocycles. The molecule has 1 fully saturated rings. The van der Waals surface area contributed by atoms with E-state index < -0.39 is 0 Å². The Morgan fingerprint density at radius 1 is 1.50 bits per heavy atom. The van der Waals surface area contributed by atoms with Gasteiger partial charge in [-0.15, -0.1) is 0 Å². The van der Waals surface area contributed by atoms with Crippen LogP contribution in [0, 0.1) is 5.92 Å². The Kier molecular flexibility index (Phi) is 5.14. The van der Waals surface area contributed by atoms with E-state index in [0.717, 1.165) is 36.1 Å². The average Bonchev–Trinajstić information content (AvgIpc) is 2.40. The molecular weight excluding hydrogens is 248 g/mol. The molecule has 0 aromatic heterocycles. The van der Waals surface area contributed by atoms with Gasteiger partial charge in [-0.1, -0.05) is 11.6 Å². The van der Waals surface area contributed by atoms with Crippen LogP contribution in [0.3, 0.4) is 0 Å². The third-order valence-electron chi connectivity index (χ3n) is 3.22. The Labute approximate surface area is 114 Å². The van der Waals surface area contributed by atoms with E-state index in [1.165, 1.54) is 12.8 Å². The van der Waals surface area contributed by atoms with Crippen LogP contribution in [-0.4, -0.2) is 26.2 Å². The second-order valence-electron chi connectivity index (χ2n) is 4.67. The lowest BCUT2D eigenvalue weighted by atomic mass is 10.00. The number of ether oxygens (including phenoxy) is 1. The number of hydrogen-bond donors (Lipinski definition) is 2. The second kappa shape index (κ2) is 6.86. The monoisotopic (exact) mass is 268 g/mol. The summed E-state index contributed by atoms with van der Waals surface area (Å²) in [6.45, 7) is 5.87. The van der Waals surface area contributed by atoms with E-state index in [9.17, 15) is 0 Å². The van der Waals surface area contributed by atoms with Crippen molar-refractivity contribution in [2.75, 3.05) is 31.6 Å². The maximum atomic E-state index is 6.03. The molecule has 100 valence electrons. The van der Waals surface area contributed by atoms with Crippen molar-refractivity contribution in [1.29, 1.82) is 0 Å². The third kappa shape index (κ3) is 3.79. The molecule has 18 heavy (non-hydrogen) atoms. The Morgan fingerprint density at radius 3 is 3.11 bits per heavy atom. The fraction of sp³-hybridized carbons (Fsp3) is 0.571. The molecule has 0 aliphatic carbocycles. The van der Waals surface area contributed by atoms with Gasteiger partial charge in [0, 0.05) is 11.6 Å². The number of nitrogens with one attached hydrogen (secondary N) is 2. The van der Waals surface area contributed by atoms with Gasteiger partial charge >= 0.3 is 0 Å². The van der Waals surface area contributed by atoms with Gasteiger partial charge < -0.3 is 15.4 Å². The zero-order valence-corrected chi connectivity index (χ0v) is 11.6. The molecule has 1 atom stereocenters. The van der Waals surface area contributed by atoms with Gasteiger partial charge in [0.15, 0.2) is 0 Å². The minimum atomic E-state index is 0.668. The lowest BCUT2D eigenvalue weighted by molar-refractivity contribution is 0.341. The van der Waals surface area contributed by atoms with Gasteiger partial charge in [0.1, 0.15) is 5.75 Å². The molecule has 0 spiro atoms.